The predicted octanol–water partition coefficient (Wildman–Crippen LogP) is 11.1. The van der Waals surface area contributed by atoms with Crippen LogP contribution in [-0.4, -0.2) is 79.5 Å². The van der Waals surface area contributed by atoms with Crippen molar-refractivity contribution in [1.82, 2.24) is 20.9 Å². The van der Waals surface area contributed by atoms with Gasteiger partial charge in [-0.15, -0.1) is 0 Å². The maximum absolute atomic E-state index is 13.6. The molecule has 5 aromatic rings. The number of methoxy groups -OCH3 is 1. The number of carboxylic acid groups (broad SMARTS) is 1. The Labute approximate surface area is 411 Å². The lowest BCUT2D eigenvalue weighted by Gasteiger charge is -2.39. The number of aromatic hydroxyl groups is 1. The molecule has 16 heteroatoms. The number of hydrogen-bond acceptors (Lipinski definition) is 9. The van der Waals surface area contributed by atoms with Crippen LogP contribution in [0.1, 0.15) is 107 Å². The Kier molecular flexibility index (Phi) is 16.9. The van der Waals surface area contributed by atoms with Crippen molar-refractivity contribution in [3.63, 3.8) is 0 Å². The van der Waals surface area contributed by atoms with Crippen molar-refractivity contribution in [1.29, 1.82) is 0 Å². The summed E-state index contributed by atoms with van der Waals surface area (Å²) in [5.74, 6) is 0.101. The monoisotopic (exact) mass is 981 g/mol. The number of aromatic amines is 1. The Morgan fingerprint density at radius 3 is 2.29 bits per heavy atom. The molecule has 0 spiro atoms. The maximum Gasteiger partial charge on any atom is 0.412 e. The molecule has 6 N–H and O–H groups in total. The fourth-order valence-electron chi connectivity index (χ4n) is 8.51. The number of benzene rings is 4. The van der Waals surface area contributed by atoms with E-state index in [4.69, 9.17) is 25.5 Å². The predicted molar refractivity (Wildman–Crippen MR) is 275 cm³/mol. The number of nitrogens with one attached hydrogen (secondary N) is 4. The van der Waals surface area contributed by atoms with Gasteiger partial charge in [-0.25, -0.2) is 9.59 Å². The van der Waals surface area contributed by atoms with Crippen LogP contribution in [-0.2, 0) is 22.1 Å². The van der Waals surface area contributed by atoms with Crippen LogP contribution in [0.5, 0.6) is 11.5 Å². The maximum atomic E-state index is 13.6. The van der Waals surface area contributed by atoms with Crippen LogP contribution in [0.2, 0.25) is 23.2 Å². The van der Waals surface area contributed by atoms with Gasteiger partial charge in [-0.2, -0.15) is 0 Å². The number of carbonyl (C=O) groups is 3. The van der Waals surface area contributed by atoms with Crippen molar-refractivity contribution in [3.05, 3.63) is 123 Å². The summed E-state index contributed by atoms with van der Waals surface area (Å²) in [7, 11) is -0.777. The molecule has 1 aliphatic rings. The number of nitrogens with zero attached hydrogens (tertiary/aromatic N) is 1. The minimum atomic E-state index is -2.32. The highest BCUT2D eigenvalue weighted by atomic mass is 35.5. The molecule has 0 bridgehead atoms. The first-order valence-electron chi connectivity index (χ1n) is 23.6. The number of phenols is 1. The molecule has 0 radical (unpaired) electrons. The Balaban J connectivity index is 1.11. The second kappa shape index (κ2) is 22.3. The quantitative estimate of drug-likeness (QED) is 0.0386. The molecule has 1 atom stereocenters. The SMILES string of the molecule is COc1cc(C(=O)NCCCc2ccc(-c3ccccc3)c(N(C(=O)O)C3CCC(NC(=O)OC(C)(C)C)CC3)c2)c(Cl)cc1CNC[C@@H](O[Si](C)(C)C(C)(C)C)c1ccc(O)c2[nH]c(=O)ccc12. The van der Waals surface area contributed by atoms with E-state index in [1.165, 1.54) is 11.0 Å². The van der Waals surface area contributed by atoms with Crippen molar-refractivity contribution in [2.75, 3.05) is 25.1 Å². The van der Waals surface area contributed by atoms with Gasteiger partial charge >= 0.3 is 12.2 Å². The first-order chi connectivity index (χ1) is 32.5. The van der Waals surface area contributed by atoms with Crippen molar-refractivity contribution in [3.8, 4) is 22.6 Å². The average molecular weight is 983 g/mol. The van der Waals surface area contributed by atoms with Gasteiger partial charge in [0.15, 0.2) is 8.32 Å². The normalized spacial score (nSPS) is 15.9. The Bertz CT molecular complexity index is 2670. The minimum absolute atomic E-state index is 0.0241. The van der Waals surface area contributed by atoms with Gasteiger partial charge in [0, 0.05) is 54.3 Å². The smallest absolute Gasteiger partial charge is 0.412 e. The van der Waals surface area contributed by atoms with Gasteiger partial charge in [0.05, 0.1) is 35.0 Å². The third kappa shape index (κ3) is 13.5. The molecule has 370 valence electrons. The van der Waals surface area contributed by atoms with Crippen LogP contribution in [0.3, 0.4) is 0 Å². The number of aromatic nitrogens is 1. The summed E-state index contributed by atoms with van der Waals surface area (Å²) in [5.41, 5.74) is 4.46. The number of ether oxygens (including phenoxy) is 2. The van der Waals surface area contributed by atoms with Crippen molar-refractivity contribution in [2.24, 2.45) is 0 Å². The number of halogens is 1. The number of anilines is 1. The second-order valence-electron chi connectivity index (χ2n) is 20.3. The van der Waals surface area contributed by atoms with Crippen LogP contribution in [0.25, 0.3) is 22.0 Å². The average Bonchev–Trinajstić information content (AvgIpc) is 3.27. The molecule has 0 saturated heterocycles. The molecule has 1 aliphatic carbocycles. The molecule has 6 rings (SSSR count). The molecule has 4 aromatic carbocycles. The third-order valence-corrected chi connectivity index (χ3v) is 17.9. The molecule has 14 nitrogen and oxygen atoms in total. The molecular weight excluding hydrogens is 914 g/mol. The summed E-state index contributed by atoms with van der Waals surface area (Å²) in [6, 6.07) is 25.1. The van der Waals surface area contributed by atoms with E-state index in [9.17, 15) is 29.4 Å². The first-order valence-corrected chi connectivity index (χ1v) is 26.9. The number of amides is 3. The number of hydrogen-bond donors (Lipinski definition) is 6. The molecular formula is C53H68ClN5O9Si. The molecule has 1 heterocycles. The number of pyridine rings is 1. The van der Waals surface area contributed by atoms with Gasteiger partial charge in [-0.1, -0.05) is 80.9 Å². The summed E-state index contributed by atoms with van der Waals surface area (Å²) in [6.45, 7) is 17.4. The Morgan fingerprint density at radius 2 is 1.64 bits per heavy atom. The van der Waals surface area contributed by atoms with E-state index in [0.29, 0.717) is 80.5 Å². The lowest BCUT2D eigenvalue weighted by Crippen LogP contribution is -2.47. The van der Waals surface area contributed by atoms with E-state index in [-0.39, 0.29) is 44.9 Å². The van der Waals surface area contributed by atoms with Gasteiger partial charge in [0.2, 0.25) is 5.56 Å². The van der Waals surface area contributed by atoms with Gasteiger partial charge in [-0.3, -0.25) is 14.5 Å². The summed E-state index contributed by atoms with van der Waals surface area (Å²) in [5, 5.41) is 31.6. The van der Waals surface area contributed by atoms with Gasteiger partial charge < -0.3 is 45.0 Å². The summed E-state index contributed by atoms with van der Waals surface area (Å²) < 4.78 is 18.2. The first kappa shape index (κ1) is 52.5. The van der Waals surface area contributed by atoms with E-state index in [2.05, 4.69) is 54.8 Å². The highest BCUT2D eigenvalue weighted by Gasteiger charge is 2.40. The third-order valence-electron chi connectivity index (χ3n) is 13.1. The van der Waals surface area contributed by atoms with Crippen LogP contribution < -0.4 is 31.1 Å². The number of carbonyl (C=O) groups excluding carboxylic acids is 2. The molecule has 1 fully saturated rings. The molecule has 0 unspecified atom stereocenters. The van der Waals surface area contributed by atoms with Crippen molar-refractivity contribution < 1.29 is 38.5 Å². The van der Waals surface area contributed by atoms with E-state index in [0.717, 1.165) is 27.8 Å². The number of H-pyrrole nitrogens is 1. The molecule has 69 heavy (non-hydrogen) atoms. The zero-order valence-electron chi connectivity index (χ0n) is 41.3. The van der Waals surface area contributed by atoms with E-state index in [1.54, 1.807) is 31.4 Å². The fraction of sp³-hybridized carbons (Fsp3) is 0.434. The van der Waals surface area contributed by atoms with Crippen LogP contribution in [0.4, 0.5) is 15.3 Å². The fourth-order valence-corrected chi connectivity index (χ4v) is 10.1. The standard InChI is InChI=1S/C53H68ClN5O9Si/c1-52(2,3)67-50(63)57-36-18-20-37(21-19-36)59(51(64)65)43-28-33(17-22-38(43)34-15-11-10-12-16-34)14-13-27-56-49(62)41-30-45(66-7)35(29-42(41)54)31-55-32-46(68-69(8,9)53(4,5)6)39-23-25-44(60)48-40(39)24-26-47(61)58-48/h10-12,15-17,22-26,28-30,36-37,46,55,60H,13-14,18-21,27,31-32H2,1-9H3,(H,56,62)(H,57,63)(H,58,61)(H,64,65)/t36?,37?,46-/m1/s1. The Hall–Kier alpha value is -5.87. The van der Waals surface area contributed by atoms with Gasteiger partial charge in [0.1, 0.15) is 17.1 Å². The number of phenolic OH excluding ortho intramolecular Hbond substituents is 1. The number of fused-ring (bicyclic) bond motifs is 1. The zero-order chi connectivity index (χ0) is 50.3. The van der Waals surface area contributed by atoms with Crippen molar-refractivity contribution in [2.45, 2.75) is 129 Å². The largest absolute Gasteiger partial charge is 0.506 e. The number of aryl methyl sites for hydroxylation is 1. The highest BCUT2D eigenvalue weighted by Crippen LogP contribution is 2.42. The lowest BCUT2D eigenvalue weighted by atomic mass is 9.89. The van der Waals surface area contributed by atoms with Gasteiger partial charge in [-0.05, 0) is 124 Å². The van der Waals surface area contributed by atoms with Crippen LogP contribution >= 0.6 is 11.6 Å². The summed E-state index contributed by atoms with van der Waals surface area (Å²) in [6.07, 6.45) is 1.56. The Morgan fingerprint density at radius 1 is 0.928 bits per heavy atom. The molecule has 0 aliphatic heterocycles. The van der Waals surface area contributed by atoms with E-state index in [1.807, 2.05) is 75.4 Å². The van der Waals surface area contributed by atoms with Crippen molar-refractivity contribution >= 4 is 54.6 Å². The topological polar surface area (TPSA) is 192 Å². The number of rotatable bonds is 17. The summed E-state index contributed by atoms with van der Waals surface area (Å²) >= 11 is 6.79. The lowest BCUT2D eigenvalue weighted by molar-refractivity contribution is 0.0490. The van der Waals surface area contributed by atoms with E-state index >= 15 is 0 Å². The number of alkyl carbamates (subject to hydrolysis) is 1. The second-order valence-corrected chi connectivity index (χ2v) is 25.5. The highest BCUT2D eigenvalue weighted by molar-refractivity contribution is 6.74. The van der Waals surface area contributed by atoms with Crippen LogP contribution in [0.15, 0.2) is 89.7 Å². The molecule has 1 aromatic heterocycles. The molecule has 3 amide bonds. The molecule has 1 saturated carbocycles. The van der Waals surface area contributed by atoms with Crippen LogP contribution in [0, 0.1) is 0 Å². The van der Waals surface area contributed by atoms with E-state index < -0.39 is 32.2 Å². The van der Waals surface area contributed by atoms with Gasteiger partial charge in [0.25, 0.3) is 5.91 Å². The summed E-state index contributed by atoms with van der Waals surface area (Å²) in [4.78, 5) is 55.6. The zero-order valence-corrected chi connectivity index (χ0v) is 43.0. The minimum Gasteiger partial charge on any atom is -0.506 e.